The van der Waals surface area contributed by atoms with Gasteiger partial charge in [0.15, 0.2) is 0 Å². The van der Waals surface area contributed by atoms with E-state index in [1.54, 1.807) is 6.07 Å². The zero-order chi connectivity index (χ0) is 22.3. The smallest absolute Gasteiger partial charge is 0.128 e. The molecule has 6 heteroatoms. The molecule has 3 aromatic rings. The highest BCUT2D eigenvalue weighted by Crippen LogP contribution is 2.22. The minimum atomic E-state index is -0.206. The summed E-state index contributed by atoms with van der Waals surface area (Å²) in [6.45, 7) is 5.24. The highest BCUT2D eigenvalue weighted by atomic mass is 19.1. The van der Waals surface area contributed by atoms with Gasteiger partial charge in [0.05, 0.1) is 11.6 Å². The minimum absolute atomic E-state index is 0.0928. The lowest BCUT2D eigenvalue weighted by atomic mass is 10.00. The van der Waals surface area contributed by atoms with Crippen LogP contribution in [0.3, 0.4) is 0 Å². The first-order valence-electron chi connectivity index (χ1n) is 11.1. The highest BCUT2D eigenvalue weighted by Gasteiger charge is 2.21. The summed E-state index contributed by atoms with van der Waals surface area (Å²) in [6.07, 6.45) is 1.71. The van der Waals surface area contributed by atoms with Gasteiger partial charge in [-0.05, 0) is 35.7 Å². The molecule has 0 aliphatic carbocycles. The van der Waals surface area contributed by atoms with Crippen LogP contribution >= 0.6 is 0 Å². The number of piperazine rings is 1. The summed E-state index contributed by atoms with van der Waals surface area (Å²) in [4.78, 5) is 20.6. The molecule has 2 N–H and O–H groups in total. The molecule has 1 saturated heterocycles. The van der Waals surface area contributed by atoms with Crippen LogP contribution in [0.1, 0.15) is 17.0 Å². The first-order valence-corrected chi connectivity index (χ1v) is 11.1. The van der Waals surface area contributed by atoms with Crippen LogP contribution in [0.2, 0.25) is 0 Å². The summed E-state index contributed by atoms with van der Waals surface area (Å²) >= 11 is 0. The maximum atomic E-state index is 14.7. The number of nitrogen functional groups attached to an aromatic ring is 1. The zero-order valence-electron chi connectivity index (χ0n) is 18.2. The molecule has 1 atom stereocenters. The molecule has 0 bridgehead atoms. The van der Waals surface area contributed by atoms with Gasteiger partial charge in [-0.1, -0.05) is 48.5 Å². The van der Waals surface area contributed by atoms with Gasteiger partial charge >= 0.3 is 0 Å². The molecule has 0 radical (unpaired) electrons. The molecule has 4 rings (SSSR count). The van der Waals surface area contributed by atoms with Gasteiger partial charge in [0, 0.05) is 44.8 Å². The predicted molar refractivity (Wildman–Crippen MR) is 126 cm³/mol. The minimum Gasteiger partial charge on any atom is -0.384 e. The van der Waals surface area contributed by atoms with Crippen molar-refractivity contribution < 1.29 is 9.18 Å². The van der Waals surface area contributed by atoms with Gasteiger partial charge in [0.2, 0.25) is 0 Å². The van der Waals surface area contributed by atoms with Crippen molar-refractivity contribution in [3.8, 4) is 11.3 Å². The number of halogens is 1. The summed E-state index contributed by atoms with van der Waals surface area (Å²) in [6, 6.07) is 20.6. The number of aromatic nitrogens is 1. The fourth-order valence-corrected chi connectivity index (χ4v) is 4.20. The van der Waals surface area contributed by atoms with Gasteiger partial charge in [0.25, 0.3) is 0 Å². The van der Waals surface area contributed by atoms with Crippen LogP contribution in [0.25, 0.3) is 11.3 Å². The van der Waals surface area contributed by atoms with Gasteiger partial charge in [-0.2, -0.15) is 0 Å². The molecule has 1 unspecified atom stereocenters. The Hall–Kier alpha value is -3.09. The van der Waals surface area contributed by atoms with Crippen molar-refractivity contribution in [2.75, 3.05) is 45.0 Å². The van der Waals surface area contributed by atoms with E-state index in [0.717, 1.165) is 56.7 Å². The Morgan fingerprint density at radius 1 is 0.969 bits per heavy atom. The maximum absolute atomic E-state index is 14.7. The van der Waals surface area contributed by atoms with Crippen LogP contribution in [0.4, 0.5) is 10.2 Å². The van der Waals surface area contributed by atoms with Crippen LogP contribution in [-0.4, -0.2) is 60.3 Å². The van der Waals surface area contributed by atoms with Crippen molar-refractivity contribution in [1.29, 1.82) is 0 Å². The third kappa shape index (κ3) is 5.58. The van der Waals surface area contributed by atoms with Gasteiger partial charge < -0.3 is 15.4 Å². The van der Waals surface area contributed by atoms with Crippen molar-refractivity contribution in [2.24, 2.45) is 0 Å². The summed E-state index contributed by atoms with van der Waals surface area (Å²) in [5, 5.41) is 0. The molecule has 1 fully saturated rings. The molecule has 2 aromatic carbocycles. The molecule has 1 aliphatic heterocycles. The molecule has 0 saturated carbocycles. The number of carbonyl (C=O) groups is 1. The van der Waals surface area contributed by atoms with E-state index in [1.807, 2.05) is 54.6 Å². The fraction of sp³-hybridized carbons (Fsp3) is 0.308. The summed E-state index contributed by atoms with van der Waals surface area (Å²) in [5.74, 6) is 0.126. The zero-order valence-corrected chi connectivity index (χ0v) is 18.2. The molecule has 0 spiro atoms. The molecule has 5 nitrogen and oxygen atoms in total. The van der Waals surface area contributed by atoms with Gasteiger partial charge in [-0.3, -0.25) is 4.90 Å². The van der Waals surface area contributed by atoms with E-state index in [4.69, 9.17) is 5.73 Å². The van der Waals surface area contributed by atoms with E-state index < -0.39 is 0 Å². The average Bonchev–Trinajstić information content (AvgIpc) is 2.83. The number of pyridine rings is 1. The first kappa shape index (κ1) is 22.1. The Balaban J connectivity index is 1.27. The quantitative estimate of drug-likeness (QED) is 0.551. The van der Waals surface area contributed by atoms with E-state index in [1.165, 1.54) is 6.07 Å². The van der Waals surface area contributed by atoms with E-state index in [0.29, 0.717) is 23.5 Å². The van der Waals surface area contributed by atoms with Gasteiger partial charge in [-0.15, -0.1) is 0 Å². The van der Waals surface area contributed by atoms with Crippen LogP contribution in [0.15, 0.2) is 66.7 Å². The second-order valence-electron chi connectivity index (χ2n) is 8.30. The Morgan fingerprint density at radius 2 is 1.72 bits per heavy atom. The lowest BCUT2D eigenvalue weighted by Gasteiger charge is -2.35. The van der Waals surface area contributed by atoms with Gasteiger partial charge in [-0.25, -0.2) is 9.37 Å². The molecular formula is C26H29FN4O. The molecule has 32 heavy (non-hydrogen) atoms. The number of benzene rings is 2. The largest absolute Gasteiger partial charge is 0.384 e. The summed E-state index contributed by atoms with van der Waals surface area (Å²) in [5.41, 5.74) is 8.93. The molecular weight excluding hydrogens is 403 g/mol. The number of nitrogens with two attached hydrogens (primary N) is 1. The van der Waals surface area contributed by atoms with E-state index in [2.05, 4.69) is 14.8 Å². The van der Waals surface area contributed by atoms with Crippen molar-refractivity contribution in [1.82, 2.24) is 14.8 Å². The first-order chi connectivity index (χ1) is 15.6. The number of aldehydes is 1. The van der Waals surface area contributed by atoms with Crippen LogP contribution < -0.4 is 5.73 Å². The van der Waals surface area contributed by atoms with E-state index in [9.17, 15) is 9.18 Å². The third-order valence-electron chi connectivity index (χ3n) is 6.13. The van der Waals surface area contributed by atoms with Crippen LogP contribution in [-0.2, 0) is 11.2 Å². The van der Waals surface area contributed by atoms with Crippen molar-refractivity contribution >= 4 is 12.1 Å². The molecule has 2 heterocycles. The van der Waals surface area contributed by atoms with Crippen molar-refractivity contribution in [2.45, 2.75) is 12.3 Å². The third-order valence-corrected chi connectivity index (χ3v) is 6.13. The second kappa shape index (κ2) is 10.5. The number of hydrogen-bond acceptors (Lipinski definition) is 5. The van der Waals surface area contributed by atoms with Crippen LogP contribution in [0.5, 0.6) is 0 Å². The summed E-state index contributed by atoms with van der Waals surface area (Å²) in [7, 11) is 0. The Bertz CT molecular complexity index is 1040. The van der Waals surface area contributed by atoms with Crippen LogP contribution in [0, 0.1) is 5.82 Å². The number of hydrogen-bond donors (Lipinski definition) is 1. The fourth-order valence-electron chi connectivity index (χ4n) is 4.20. The number of carbonyl (C=O) groups excluding carboxylic acids is 1. The SMILES string of the molecule is Nc1cccc(-c2ccc(CCN3CCN(CC(C=O)c4ccccc4)CC3)c(F)c2)n1. The number of anilines is 1. The van der Waals surface area contributed by atoms with E-state index >= 15 is 0 Å². The highest BCUT2D eigenvalue weighted by molar-refractivity contribution is 5.62. The topological polar surface area (TPSA) is 62.5 Å². The lowest BCUT2D eigenvalue weighted by molar-refractivity contribution is -0.109. The monoisotopic (exact) mass is 432 g/mol. The second-order valence-corrected chi connectivity index (χ2v) is 8.30. The molecule has 1 aliphatic rings. The maximum Gasteiger partial charge on any atom is 0.128 e. The Labute approximate surface area is 188 Å². The van der Waals surface area contributed by atoms with E-state index in [-0.39, 0.29) is 11.7 Å². The van der Waals surface area contributed by atoms with Crippen molar-refractivity contribution in [3.05, 3.63) is 83.7 Å². The Kier molecular flexibility index (Phi) is 7.24. The van der Waals surface area contributed by atoms with Gasteiger partial charge in [0.1, 0.15) is 17.9 Å². The number of nitrogens with zero attached hydrogens (tertiary/aromatic N) is 3. The molecule has 1 aromatic heterocycles. The summed E-state index contributed by atoms with van der Waals surface area (Å²) < 4.78 is 14.7. The molecule has 0 amide bonds. The average molecular weight is 433 g/mol. The van der Waals surface area contributed by atoms with Crippen molar-refractivity contribution in [3.63, 3.8) is 0 Å². The number of rotatable bonds is 8. The normalized spacial score (nSPS) is 16.0. The lowest BCUT2D eigenvalue weighted by Crippen LogP contribution is -2.48. The standard InChI is InChI=1S/C26H29FN4O/c27-24-17-22(25-7-4-8-26(28)29-25)10-9-21(24)11-12-30-13-15-31(16-14-30)18-23(19-32)20-5-2-1-3-6-20/h1-10,17,19,23H,11-16,18H2,(H2,28,29). The Morgan fingerprint density at radius 3 is 2.41 bits per heavy atom. The molecule has 166 valence electrons. The predicted octanol–water partition coefficient (Wildman–Crippen LogP) is 3.61.